The van der Waals surface area contributed by atoms with E-state index in [1.165, 1.54) is 11.1 Å². The molecule has 0 aromatic heterocycles. The van der Waals surface area contributed by atoms with Gasteiger partial charge < -0.3 is 9.74 Å². The van der Waals surface area contributed by atoms with E-state index in [0.717, 1.165) is 31.6 Å². The molecule has 1 aromatic rings. The van der Waals surface area contributed by atoms with Crippen LogP contribution in [0, 0.1) is 5.92 Å². The third-order valence-corrected chi connectivity index (χ3v) is 4.28. The molecule has 0 saturated carbocycles. The van der Waals surface area contributed by atoms with Gasteiger partial charge in [-0.2, -0.15) is 5.90 Å². The van der Waals surface area contributed by atoms with Crippen molar-refractivity contribution in [2.45, 2.75) is 19.3 Å². The van der Waals surface area contributed by atoms with Crippen molar-refractivity contribution in [2.24, 2.45) is 11.8 Å². The van der Waals surface area contributed by atoms with E-state index in [4.69, 9.17) is 29.1 Å². The average Bonchev–Trinajstić information content (AvgIpc) is 2.52. The van der Waals surface area contributed by atoms with Crippen molar-refractivity contribution in [2.75, 3.05) is 29.7 Å². The van der Waals surface area contributed by atoms with Crippen molar-refractivity contribution < 1.29 is 9.63 Å². The molecule has 1 aliphatic rings. The van der Waals surface area contributed by atoms with Crippen molar-refractivity contribution >= 4 is 34.9 Å². The van der Waals surface area contributed by atoms with Crippen LogP contribution >= 0.6 is 23.2 Å². The number of aryl methyl sites for hydroxylation is 1. The van der Waals surface area contributed by atoms with Crippen LogP contribution in [0.25, 0.3) is 0 Å². The van der Waals surface area contributed by atoms with Crippen LogP contribution in [0.15, 0.2) is 18.2 Å². The van der Waals surface area contributed by atoms with Gasteiger partial charge in [0.05, 0.1) is 5.92 Å². The van der Waals surface area contributed by atoms with E-state index in [-0.39, 0.29) is 11.9 Å². The lowest BCUT2D eigenvalue weighted by atomic mass is 9.83. The Morgan fingerprint density at radius 1 is 1.29 bits per heavy atom. The number of halogens is 2. The lowest BCUT2D eigenvalue weighted by Gasteiger charge is -2.27. The summed E-state index contributed by atoms with van der Waals surface area (Å²) in [5, 5.41) is 0. The molecule has 0 radical (unpaired) electrons. The average molecular weight is 331 g/mol. The van der Waals surface area contributed by atoms with E-state index in [2.05, 4.69) is 27.9 Å². The van der Waals surface area contributed by atoms with Gasteiger partial charge in [0, 0.05) is 30.5 Å². The van der Waals surface area contributed by atoms with Crippen LogP contribution in [-0.2, 0) is 22.5 Å². The minimum absolute atomic E-state index is 0.146. The van der Waals surface area contributed by atoms with E-state index in [1.54, 1.807) is 0 Å². The van der Waals surface area contributed by atoms with Crippen LogP contribution in [0.5, 0.6) is 0 Å². The van der Waals surface area contributed by atoms with Gasteiger partial charge in [0.2, 0.25) is 0 Å². The number of anilines is 1. The standard InChI is InChI=1S/C15H20Cl2N2O2/c16-5-7-19(8-6-17)14-4-3-11-1-2-12(15(20)21-18)9-13(11)10-14/h3-4,10,12H,1-2,5-9,18H2. The number of alkyl halides is 2. The van der Waals surface area contributed by atoms with E-state index in [0.29, 0.717) is 18.2 Å². The predicted molar refractivity (Wildman–Crippen MR) is 85.9 cm³/mol. The summed E-state index contributed by atoms with van der Waals surface area (Å²) in [4.78, 5) is 18.1. The predicted octanol–water partition coefficient (Wildman–Crippen LogP) is 2.49. The van der Waals surface area contributed by atoms with Crippen molar-refractivity contribution in [3.8, 4) is 0 Å². The number of nitrogens with two attached hydrogens (primary N) is 1. The second-order valence-corrected chi connectivity index (χ2v) is 5.95. The molecule has 6 heteroatoms. The monoisotopic (exact) mass is 330 g/mol. The van der Waals surface area contributed by atoms with Gasteiger partial charge in [-0.05, 0) is 42.5 Å². The quantitative estimate of drug-likeness (QED) is 0.643. The lowest BCUT2D eigenvalue weighted by molar-refractivity contribution is -0.149. The normalized spacial score (nSPS) is 17.2. The molecule has 1 atom stereocenters. The highest BCUT2D eigenvalue weighted by Crippen LogP contribution is 2.29. The van der Waals surface area contributed by atoms with Crippen LogP contribution in [-0.4, -0.2) is 30.8 Å². The van der Waals surface area contributed by atoms with E-state index in [9.17, 15) is 4.79 Å². The Kier molecular flexibility index (Phi) is 6.15. The van der Waals surface area contributed by atoms with Gasteiger partial charge in [0.25, 0.3) is 0 Å². The molecule has 1 aromatic carbocycles. The Labute approximate surface area is 135 Å². The van der Waals surface area contributed by atoms with E-state index >= 15 is 0 Å². The fraction of sp³-hybridized carbons (Fsp3) is 0.533. The van der Waals surface area contributed by atoms with Gasteiger partial charge in [-0.15, -0.1) is 23.2 Å². The highest BCUT2D eigenvalue weighted by Gasteiger charge is 2.26. The highest BCUT2D eigenvalue weighted by atomic mass is 35.5. The smallest absolute Gasteiger partial charge is 0.327 e. The molecule has 2 N–H and O–H groups in total. The van der Waals surface area contributed by atoms with E-state index < -0.39 is 0 Å². The number of carbonyl (C=O) groups excluding carboxylic acids is 1. The summed E-state index contributed by atoms with van der Waals surface area (Å²) in [7, 11) is 0. The van der Waals surface area contributed by atoms with Crippen LogP contribution in [0.3, 0.4) is 0 Å². The number of carbonyl (C=O) groups is 1. The number of nitrogens with zero attached hydrogens (tertiary/aromatic N) is 1. The molecule has 0 amide bonds. The van der Waals surface area contributed by atoms with Gasteiger partial charge in [-0.25, -0.2) is 0 Å². The van der Waals surface area contributed by atoms with Crippen LogP contribution in [0.4, 0.5) is 5.69 Å². The maximum absolute atomic E-state index is 11.6. The molecule has 0 saturated heterocycles. The van der Waals surface area contributed by atoms with Gasteiger partial charge in [0.15, 0.2) is 0 Å². The molecule has 1 unspecified atom stereocenters. The Hall–Kier alpha value is -0.970. The molecule has 0 bridgehead atoms. The van der Waals surface area contributed by atoms with Crippen LogP contribution < -0.4 is 10.8 Å². The molecule has 116 valence electrons. The minimum Gasteiger partial charge on any atom is -0.373 e. The molecule has 1 aliphatic carbocycles. The SMILES string of the molecule is NOC(=O)C1CCc2ccc(N(CCCl)CCCl)cc2C1. The maximum atomic E-state index is 11.6. The second-order valence-electron chi connectivity index (χ2n) is 5.19. The fourth-order valence-electron chi connectivity index (χ4n) is 2.81. The Morgan fingerprint density at radius 3 is 2.62 bits per heavy atom. The molecule has 0 heterocycles. The molecular formula is C15H20Cl2N2O2. The zero-order valence-electron chi connectivity index (χ0n) is 11.9. The van der Waals surface area contributed by atoms with Gasteiger partial charge >= 0.3 is 5.97 Å². The first-order valence-corrected chi connectivity index (χ1v) is 8.15. The molecule has 0 spiro atoms. The summed E-state index contributed by atoms with van der Waals surface area (Å²) in [6.45, 7) is 1.50. The number of hydrogen-bond donors (Lipinski definition) is 1. The summed E-state index contributed by atoms with van der Waals surface area (Å²) in [6, 6.07) is 6.36. The largest absolute Gasteiger partial charge is 0.373 e. The molecule has 0 aliphatic heterocycles. The third-order valence-electron chi connectivity index (χ3n) is 3.94. The zero-order chi connectivity index (χ0) is 15.2. The number of fused-ring (bicyclic) bond motifs is 1. The van der Waals surface area contributed by atoms with Gasteiger partial charge in [0.1, 0.15) is 0 Å². The molecule has 0 fully saturated rings. The van der Waals surface area contributed by atoms with Crippen molar-refractivity contribution in [3.63, 3.8) is 0 Å². The number of hydrogen-bond acceptors (Lipinski definition) is 4. The van der Waals surface area contributed by atoms with Crippen molar-refractivity contribution in [1.29, 1.82) is 0 Å². The lowest BCUT2D eigenvalue weighted by Crippen LogP contribution is -2.29. The molecular weight excluding hydrogens is 311 g/mol. The first kappa shape index (κ1) is 16.4. The number of rotatable bonds is 6. The third kappa shape index (κ3) is 4.02. The number of benzene rings is 1. The Bertz CT molecular complexity index is 491. The summed E-state index contributed by atoms with van der Waals surface area (Å²) < 4.78 is 0. The topological polar surface area (TPSA) is 55.6 Å². The van der Waals surface area contributed by atoms with Crippen molar-refractivity contribution in [3.05, 3.63) is 29.3 Å². The van der Waals surface area contributed by atoms with Crippen LogP contribution in [0.1, 0.15) is 17.5 Å². The first-order valence-electron chi connectivity index (χ1n) is 7.08. The van der Waals surface area contributed by atoms with Gasteiger partial charge in [-0.1, -0.05) is 6.07 Å². The molecule has 2 rings (SSSR count). The zero-order valence-corrected chi connectivity index (χ0v) is 13.4. The maximum Gasteiger partial charge on any atom is 0.327 e. The summed E-state index contributed by atoms with van der Waals surface area (Å²) in [6.07, 6.45) is 2.34. The molecule has 21 heavy (non-hydrogen) atoms. The van der Waals surface area contributed by atoms with Crippen molar-refractivity contribution in [1.82, 2.24) is 0 Å². The summed E-state index contributed by atoms with van der Waals surface area (Å²) in [5.41, 5.74) is 3.57. The Balaban J connectivity index is 2.19. The minimum atomic E-state index is -0.329. The molecule has 4 nitrogen and oxygen atoms in total. The summed E-state index contributed by atoms with van der Waals surface area (Å²) >= 11 is 11.7. The van der Waals surface area contributed by atoms with Crippen LogP contribution in [0.2, 0.25) is 0 Å². The highest BCUT2D eigenvalue weighted by molar-refractivity contribution is 6.18. The van der Waals surface area contributed by atoms with Gasteiger partial charge in [-0.3, -0.25) is 4.79 Å². The van der Waals surface area contributed by atoms with E-state index in [1.807, 2.05) is 0 Å². The summed E-state index contributed by atoms with van der Waals surface area (Å²) in [5.74, 6) is 5.62. The fourth-order valence-corrected chi connectivity index (χ4v) is 3.22. The first-order chi connectivity index (χ1) is 10.2. The second kappa shape index (κ2) is 7.87. The Morgan fingerprint density at radius 2 is 2.00 bits per heavy atom.